The number of allylic oxidation sites excluding steroid dienone is 1. The number of hydrogen-bond acceptors (Lipinski definition) is 5. The molecular weight excluding hydrogens is 292 g/mol. The highest BCUT2D eigenvalue weighted by Crippen LogP contribution is 2.40. The van der Waals surface area contributed by atoms with Crippen LogP contribution in [0.15, 0.2) is 24.8 Å². The summed E-state index contributed by atoms with van der Waals surface area (Å²) < 4.78 is 16.5. The summed E-state index contributed by atoms with van der Waals surface area (Å²) in [6.45, 7) is 7.95. The van der Waals surface area contributed by atoms with Gasteiger partial charge in [0.15, 0.2) is 11.5 Å². The number of nitrogens with one attached hydrogen (secondary N) is 1. The van der Waals surface area contributed by atoms with Gasteiger partial charge in [-0.15, -0.1) is 6.58 Å². The maximum absolute atomic E-state index is 5.64. The van der Waals surface area contributed by atoms with Gasteiger partial charge < -0.3 is 19.5 Å². The predicted octanol–water partition coefficient (Wildman–Crippen LogP) is 2.62. The van der Waals surface area contributed by atoms with E-state index in [1.54, 1.807) is 21.3 Å². The molecule has 2 rings (SSSR count). The molecule has 0 amide bonds. The van der Waals surface area contributed by atoms with Crippen LogP contribution in [0.4, 0.5) is 0 Å². The van der Waals surface area contributed by atoms with E-state index < -0.39 is 0 Å². The Labute approximate surface area is 139 Å². The fraction of sp³-hybridized carbons (Fsp3) is 0.556. The minimum atomic E-state index is 0.282. The Hall–Kier alpha value is -1.72. The highest BCUT2D eigenvalue weighted by molar-refractivity contribution is 5.52. The molecule has 1 atom stereocenters. The summed E-state index contributed by atoms with van der Waals surface area (Å²) in [5.74, 6) is 2.27. The van der Waals surface area contributed by atoms with E-state index >= 15 is 0 Å². The third-order valence-corrected chi connectivity index (χ3v) is 4.33. The van der Waals surface area contributed by atoms with Crippen molar-refractivity contribution in [1.82, 2.24) is 10.2 Å². The molecule has 0 aliphatic carbocycles. The highest BCUT2D eigenvalue weighted by atomic mass is 16.5. The number of hydrogen-bond donors (Lipinski definition) is 1. The molecule has 0 aromatic heterocycles. The van der Waals surface area contributed by atoms with E-state index in [1.165, 1.54) is 0 Å². The minimum Gasteiger partial charge on any atom is -0.496 e. The lowest BCUT2D eigenvalue weighted by Gasteiger charge is -2.36. The number of nitrogens with zero attached hydrogens (tertiary/aromatic N) is 1. The molecule has 1 aromatic rings. The van der Waals surface area contributed by atoms with Gasteiger partial charge in [0.05, 0.1) is 21.3 Å². The second kappa shape index (κ2) is 8.79. The van der Waals surface area contributed by atoms with Crippen LogP contribution in [-0.4, -0.2) is 52.4 Å². The van der Waals surface area contributed by atoms with Crippen molar-refractivity contribution in [1.29, 1.82) is 0 Å². The second-order valence-corrected chi connectivity index (χ2v) is 5.62. The third-order valence-electron chi connectivity index (χ3n) is 4.33. The van der Waals surface area contributed by atoms with Gasteiger partial charge in [-0.1, -0.05) is 6.08 Å². The van der Waals surface area contributed by atoms with Gasteiger partial charge in [-0.25, -0.2) is 0 Å². The fourth-order valence-electron chi connectivity index (χ4n) is 3.12. The SMILES string of the molecule is C=CCC[C@@H](c1cc(OC)c(OC)cc1OC)N1CCNCC1. The lowest BCUT2D eigenvalue weighted by atomic mass is 9.97. The molecule has 5 heteroatoms. The van der Waals surface area contributed by atoms with Crippen LogP contribution >= 0.6 is 0 Å². The Morgan fingerprint density at radius 1 is 1.09 bits per heavy atom. The van der Waals surface area contributed by atoms with E-state index in [1.807, 2.05) is 18.2 Å². The maximum atomic E-state index is 5.64. The van der Waals surface area contributed by atoms with Gasteiger partial charge >= 0.3 is 0 Å². The molecule has 1 aromatic carbocycles. The summed E-state index contributed by atoms with van der Waals surface area (Å²) in [6, 6.07) is 4.25. The van der Waals surface area contributed by atoms with Crippen molar-refractivity contribution >= 4 is 0 Å². The number of benzene rings is 1. The van der Waals surface area contributed by atoms with Gasteiger partial charge in [0.25, 0.3) is 0 Å². The summed E-state index contributed by atoms with van der Waals surface area (Å²) in [4.78, 5) is 2.50. The molecule has 23 heavy (non-hydrogen) atoms. The minimum absolute atomic E-state index is 0.282. The van der Waals surface area contributed by atoms with E-state index in [-0.39, 0.29) is 6.04 Å². The Balaban J connectivity index is 2.40. The average Bonchev–Trinajstić information content (AvgIpc) is 2.62. The first kappa shape index (κ1) is 17.6. The van der Waals surface area contributed by atoms with E-state index in [2.05, 4.69) is 16.8 Å². The average molecular weight is 320 g/mol. The summed E-state index contributed by atoms with van der Waals surface area (Å²) in [5.41, 5.74) is 1.15. The molecular formula is C18H28N2O3. The van der Waals surface area contributed by atoms with Gasteiger partial charge in [0, 0.05) is 43.9 Å². The van der Waals surface area contributed by atoms with Crippen LogP contribution in [0.25, 0.3) is 0 Å². The van der Waals surface area contributed by atoms with Crippen molar-refractivity contribution < 1.29 is 14.2 Å². The maximum Gasteiger partial charge on any atom is 0.164 e. The molecule has 1 heterocycles. The van der Waals surface area contributed by atoms with Gasteiger partial charge in [0.1, 0.15) is 5.75 Å². The van der Waals surface area contributed by atoms with Crippen LogP contribution in [0.3, 0.4) is 0 Å². The number of piperazine rings is 1. The first-order valence-electron chi connectivity index (χ1n) is 8.10. The van der Waals surface area contributed by atoms with Crippen LogP contribution in [-0.2, 0) is 0 Å². The second-order valence-electron chi connectivity index (χ2n) is 5.62. The first-order chi connectivity index (χ1) is 11.2. The lowest BCUT2D eigenvalue weighted by molar-refractivity contribution is 0.163. The van der Waals surface area contributed by atoms with E-state index in [0.29, 0.717) is 5.75 Å². The van der Waals surface area contributed by atoms with Crippen LogP contribution in [0.2, 0.25) is 0 Å². The molecule has 0 spiro atoms. The quantitative estimate of drug-likeness (QED) is 0.746. The fourth-order valence-corrected chi connectivity index (χ4v) is 3.12. The Kier molecular flexibility index (Phi) is 6.74. The van der Waals surface area contributed by atoms with Gasteiger partial charge in [-0.05, 0) is 18.9 Å². The Bertz CT molecular complexity index is 513. The smallest absolute Gasteiger partial charge is 0.164 e. The molecule has 1 aliphatic heterocycles. The lowest BCUT2D eigenvalue weighted by Crippen LogP contribution is -2.45. The Morgan fingerprint density at radius 3 is 2.26 bits per heavy atom. The Morgan fingerprint density at radius 2 is 1.70 bits per heavy atom. The molecule has 0 saturated carbocycles. The van der Waals surface area contributed by atoms with Gasteiger partial charge in [-0.2, -0.15) is 0 Å². The molecule has 0 radical (unpaired) electrons. The predicted molar refractivity (Wildman–Crippen MR) is 92.7 cm³/mol. The zero-order valence-electron chi connectivity index (χ0n) is 14.4. The molecule has 5 nitrogen and oxygen atoms in total. The van der Waals surface area contributed by atoms with Crippen LogP contribution in [0.1, 0.15) is 24.4 Å². The number of rotatable bonds is 8. The summed E-state index contributed by atoms with van der Waals surface area (Å²) in [5, 5.41) is 3.41. The van der Waals surface area contributed by atoms with Gasteiger partial charge in [-0.3, -0.25) is 4.90 Å². The van der Waals surface area contributed by atoms with Crippen LogP contribution < -0.4 is 19.5 Å². The summed E-state index contributed by atoms with van der Waals surface area (Å²) >= 11 is 0. The number of ether oxygens (including phenoxy) is 3. The first-order valence-corrected chi connectivity index (χ1v) is 8.10. The van der Waals surface area contributed by atoms with Crippen molar-refractivity contribution in [3.8, 4) is 17.2 Å². The number of methoxy groups -OCH3 is 3. The van der Waals surface area contributed by atoms with Crippen molar-refractivity contribution in [2.45, 2.75) is 18.9 Å². The normalized spacial score (nSPS) is 16.7. The van der Waals surface area contributed by atoms with Crippen LogP contribution in [0.5, 0.6) is 17.2 Å². The van der Waals surface area contributed by atoms with Crippen LogP contribution in [0, 0.1) is 0 Å². The third kappa shape index (κ3) is 4.18. The zero-order valence-corrected chi connectivity index (χ0v) is 14.4. The molecule has 1 fully saturated rings. The van der Waals surface area contributed by atoms with E-state index in [4.69, 9.17) is 14.2 Å². The summed E-state index contributed by atoms with van der Waals surface area (Å²) in [6.07, 6.45) is 3.95. The topological polar surface area (TPSA) is 43.0 Å². The summed E-state index contributed by atoms with van der Waals surface area (Å²) in [7, 11) is 5.01. The monoisotopic (exact) mass is 320 g/mol. The standard InChI is InChI=1S/C18H28N2O3/c1-5-6-7-15(20-10-8-19-9-11-20)14-12-17(22-3)18(23-4)13-16(14)21-2/h5,12-13,15,19H,1,6-11H2,2-4H3/t15-/m0/s1. The highest BCUT2D eigenvalue weighted by Gasteiger charge is 2.26. The van der Waals surface area contributed by atoms with Crippen molar-refractivity contribution in [3.05, 3.63) is 30.4 Å². The van der Waals surface area contributed by atoms with Gasteiger partial charge in [0.2, 0.25) is 0 Å². The molecule has 0 unspecified atom stereocenters. The van der Waals surface area contributed by atoms with E-state index in [9.17, 15) is 0 Å². The molecule has 1 aliphatic rings. The van der Waals surface area contributed by atoms with Crippen molar-refractivity contribution in [2.24, 2.45) is 0 Å². The molecule has 1 saturated heterocycles. The van der Waals surface area contributed by atoms with Crippen molar-refractivity contribution in [2.75, 3.05) is 47.5 Å². The zero-order chi connectivity index (χ0) is 16.7. The molecule has 128 valence electrons. The van der Waals surface area contributed by atoms with Crippen molar-refractivity contribution in [3.63, 3.8) is 0 Å². The van der Waals surface area contributed by atoms with E-state index in [0.717, 1.165) is 56.1 Å². The largest absolute Gasteiger partial charge is 0.496 e. The molecule has 1 N–H and O–H groups in total. The molecule has 0 bridgehead atoms.